The Morgan fingerprint density at radius 1 is 1.42 bits per heavy atom. The van der Waals surface area contributed by atoms with Gasteiger partial charge in [0, 0.05) is 23.7 Å². The van der Waals surface area contributed by atoms with Gasteiger partial charge in [-0.15, -0.1) is 11.3 Å². The van der Waals surface area contributed by atoms with Crippen LogP contribution >= 0.6 is 11.3 Å². The van der Waals surface area contributed by atoms with E-state index in [1.54, 1.807) is 35.9 Å². The molecule has 0 aliphatic heterocycles. The summed E-state index contributed by atoms with van der Waals surface area (Å²) in [5, 5.41) is 11.2. The number of carbonyl (C=O) groups excluding carboxylic acids is 1. The van der Waals surface area contributed by atoms with Crippen LogP contribution in [0.25, 0.3) is 0 Å². The molecule has 0 aromatic carbocycles. The minimum atomic E-state index is -0.683. The summed E-state index contributed by atoms with van der Waals surface area (Å²) in [5.74, 6) is -0.705. The minimum absolute atomic E-state index is 0.0212. The molecule has 0 saturated carbocycles. The first-order chi connectivity index (χ1) is 9.31. The van der Waals surface area contributed by atoms with E-state index in [1.165, 1.54) is 4.88 Å². The molecule has 4 heteroatoms. The van der Waals surface area contributed by atoms with Gasteiger partial charge in [0.05, 0.1) is 6.07 Å². The van der Waals surface area contributed by atoms with Crippen LogP contribution in [0.1, 0.15) is 29.2 Å². The van der Waals surface area contributed by atoms with Crippen LogP contribution in [0.5, 0.6) is 0 Å². The summed E-state index contributed by atoms with van der Waals surface area (Å²) in [6, 6.07) is 9.68. The second kappa shape index (κ2) is 6.81. The number of aromatic nitrogens is 1. The summed E-state index contributed by atoms with van der Waals surface area (Å²) in [7, 11) is 0. The molecule has 0 bridgehead atoms. The number of hydrogen-bond acceptors (Lipinski definition) is 4. The van der Waals surface area contributed by atoms with Crippen molar-refractivity contribution in [3.8, 4) is 6.07 Å². The fraction of sp³-hybridized carbons (Fsp3) is 0.267. The normalized spacial score (nSPS) is 11.7. The van der Waals surface area contributed by atoms with E-state index in [-0.39, 0.29) is 5.78 Å². The summed E-state index contributed by atoms with van der Waals surface area (Å²) in [6.45, 7) is 0. The van der Waals surface area contributed by atoms with E-state index in [9.17, 15) is 4.79 Å². The molecule has 2 rings (SSSR count). The predicted octanol–water partition coefficient (Wildman–Crippen LogP) is 3.34. The number of thiophene rings is 1. The summed E-state index contributed by atoms with van der Waals surface area (Å²) in [4.78, 5) is 17.3. The molecule has 0 aliphatic carbocycles. The smallest absolute Gasteiger partial charge is 0.154 e. The molecule has 2 aromatic rings. The maximum atomic E-state index is 12.1. The minimum Gasteiger partial charge on any atom is -0.298 e. The number of Topliss-reactive ketones (excluding diaryl/α,β-unsaturated/α-hetero) is 1. The van der Waals surface area contributed by atoms with Crippen LogP contribution in [-0.2, 0) is 11.2 Å². The summed E-state index contributed by atoms with van der Waals surface area (Å²) in [6.07, 6.45) is 5.35. The van der Waals surface area contributed by atoms with Crippen LogP contribution in [0.4, 0.5) is 0 Å². The van der Waals surface area contributed by atoms with Crippen molar-refractivity contribution in [3.05, 3.63) is 52.5 Å². The number of carbonyl (C=O) groups is 1. The molecule has 0 radical (unpaired) electrons. The van der Waals surface area contributed by atoms with E-state index in [0.29, 0.717) is 12.0 Å². The fourth-order valence-corrected chi connectivity index (χ4v) is 2.67. The van der Waals surface area contributed by atoms with E-state index in [4.69, 9.17) is 5.26 Å². The zero-order chi connectivity index (χ0) is 13.5. The Labute approximate surface area is 116 Å². The van der Waals surface area contributed by atoms with Gasteiger partial charge in [-0.3, -0.25) is 9.78 Å². The van der Waals surface area contributed by atoms with Crippen LogP contribution in [0.2, 0.25) is 0 Å². The summed E-state index contributed by atoms with van der Waals surface area (Å²) >= 11 is 1.70. The van der Waals surface area contributed by atoms with E-state index < -0.39 is 5.92 Å². The van der Waals surface area contributed by atoms with Gasteiger partial charge in [0.15, 0.2) is 5.78 Å². The summed E-state index contributed by atoms with van der Waals surface area (Å²) in [5.41, 5.74) is 0.686. The maximum absolute atomic E-state index is 12.1. The SMILES string of the molecule is N#CC(C(=O)CCCc1cccs1)c1cccnc1. The van der Waals surface area contributed by atoms with Gasteiger partial charge in [-0.1, -0.05) is 12.1 Å². The van der Waals surface area contributed by atoms with Crippen LogP contribution in [-0.4, -0.2) is 10.8 Å². The number of hydrogen-bond donors (Lipinski definition) is 0. The van der Waals surface area contributed by atoms with Gasteiger partial charge in [0.2, 0.25) is 0 Å². The van der Waals surface area contributed by atoms with E-state index in [2.05, 4.69) is 17.1 Å². The fourth-order valence-electron chi connectivity index (χ4n) is 1.92. The van der Waals surface area contributed by atoms with E-state index >= 15 is 0 Å². The van der Waals surface area contributed by atoms with Gasteiger partial charge >= 0.3 is 0 Å². The molecule has 0 N–H and O–H groups in total. The van der Waals surface area contributed by atoms with Crippen molar-refractivity contribution in [3.63, 3.8) is 0 Å². The number of nitrogens with zero attached hydrogens (tertiary/aromatic N) is 2. The molecule has 0 spiro atoms. The van der Waals surface area contributed by atoms with Gasteiger partial charge in [0.1, 0.15) is 5.92 Å². The van der Waals surface area contributed by atoms with Crippen molar-refractivity contribution in [2.75, 3.05) is 0 Å². The monoisotopic (exact) mass is 270 g/mol. The summed E-state index contributed by atoms with van der Waals surface area (Å²) < 4.78 is 0. The van der Waals surface area contributed by atoms with E-state index in [1.807, 2.05) is 11.4 Å². The third-order valence-corrected chi connectivity index (χ3v) is 3.83. The van der Waals surface area contributed by atoms with Crippen LogP contribution in [0.3, 0.4) is 0 Å². The molecule has 19 heavy (non-hydrogen) atoms. The number of rotatable bonds is 6. The number of aryl methyl sites for hydroxylation is 1. The maximum Gasteiger partial charge on any atom is 0.154 e. The Hall–Kier alpha value is -1.99. The van der Waals surface area contributed by atoms with Crippen molar-refractivity contribution in [1.82, 2.24) is 4.98 Å². The highest BCUT2D eigenvalue weighted by atomic mass is 32.1. The first kappa shape index (κ1) is 13.4. The van der Waals surface area contributed by atoms with Gasteiger partial charge in [0.25, 0.3) is 0 Å². The van der Waals surface area contributed by atoms with Crippen LogP contribution in [0.15, 0.2) is 42.0 Å². The van der Waals surface area contributed by atoms with Crippen molar-refractivity contribution in [2.24, 2.45) is 0 Å². The van der Waals surface area contributed by atoms with Crippen LogP contribution in [0, 0.1) is 11.3 Å². The molecule has 2 heterocycles. The number of pyridine rings is 1. The largest absolute Gasteiger partial charge is 0.298 e. The lowest BCUT2D eigenvalue weighted by Gasteiger charge is -2.07. The Bertz CT molecular complexity index is 558. The van der Waals surface area contributed by atoms with Gasteiger partial charge in [-0.25, -0.2) is 0 Å². The Morgan fingerprint density at radius 3 is 2.95 bits per heavy atom. The molecule has 96 valence electrons. The van der Waals surface area contributed by atoms with Crippen LogP contribution < -0.4 is 0 Å². The molecular formula is C15H14N2OS. The first-order valence-electron chi connectivity index (χ1n) is 6.16. The predicted molar refractivity (Wildman–Crippen MR) is 74.9 cm³/mol. The zero-order valence-corrected chi connectivity index (χ0v) is 11.3. The molecule has 0 saturated heterocycles. The topological polar surface area (TPSA) is 53.8 Å². The first-order valence-corrected chi connectivity index (χ1v) is 7.04. The van der Waals surface area contributed by atoms with Crippen molar-refractivity contribution >= 4 is 17.1 Å². The molecule has 2 aromatic heterocycles. The highest BCUT2D eigenvalue weighted by molar-refractivity contribution is 7.09. The molecular weight excluding hydrogens is 256 g/mol. The zero-order valence-electron chi connectivity index (χ0n) is 10.5. The molecule has 0 aliphatic rings. The van der Waals surface area contributed by atoms with Crippen molar-refractivity contribution < 1.29 is 4.79 Å². The highest BCUT2D eigenvalue weighted by Gasteiger charge is 2.19. The molecule has 0 amide bonds. The highest BCUT2D eigenvalue weighted by Crippen LogP contribution is 2.19. The van der Waals surface area contributed by atoms with Crippen molar-refractivity contribution in [2.45, 2.75) is 25.2 Å². The lowest BCUT2D eigenvalue weighted by atomic mass is 9.94. The third kappa shape index (κ3) is 3.73. The third-order valence-electron chi connectivity index (χ3n) is 2.90. The Morgan fingerprint density at radius 2 is 2.32 bits per heavy atom. The van der Waals surface area contributed by atoms with Gasteiger partial charge < -0.3 is 0 Å². The van der Waals surface area contributed by atoms with Gasteiger partial charge in [-0.05, 0) is 35.9 Å². The average molecular weight is 270 g/mol. The standard InChI is InChI=1S/C15H14N2OS/c16-10-14(12-4-2-8-17-11-12)15(18)7-1-5-13-6-3-9-19-13/h2-4,6,8-9,11,14H,1,5,7H2. The molecule has 0 fully saturated rings. The van der Waals surface area contributed by atoms with E-state index in [0.717, 1.165) is 12.8 Å². The second-order valence-electron chi connectivity index (χ2n) is 4.25. The quantitative estimate of drug-likeness (QED) is 0.809. The Balaban J connectivity index is 1.89. The molecule has 3 nitrogen and oxygen atoms in total. The Kier molecular flexibility index (Phi) is 4.82. The molecule has 1 unspecified atom stereocenters. The van der Waals surface area contributed by atoms with Crippen molar-refractivity contribution in [1.29, 1.82) is 5.26 Å². The number of ketones is 1. The van der Waals surface area contributed by atoms with Gasteiger partial charge in [-0.2, -0.15) is 5.26 Å². The lowest BCUT2D eigenvalue weighted by Crippen LogP contribution is -2.11. The molecule has 1 atom stereocenters. The second-order valence-corrected chi connectivity index (χ2v) is 5.28. The average Bonchev–Trinajstić information content (AvgIpc) is 2.94. The number of nitriles is 1. The lowest BCUT2D eigenvalue weighted by molar-refractivity contribution is -0.119.